The SMILES string of the molecule is CC[C@@]1(C(C)(C)C)OC(OC(C)=O)[C@H](OC(C)=O)[C@@H]1OC.CC[C@@]1(C(C)(C)C)O[C@@H](C)[C@@H](C)[C@@H]1OC.CC[C@@]1(C(C)(C)C)O[C@@H](C)[C@@H](O)[C@@H]1OC.CC[C@@]1(C(C)(C)C)O[C@@H](C)[C@@H](OC(C)=O)[C@@H]1OC.CC[C@@]1(C(C)(C)C)O[C@@H](C)[C@H](O)[C@@H]1OC.CC[C@@]1(C(C)(C)C)O[C@@H](C)[C@H](OC(C)=O)[C@@H]1OC.CC[C@@]1(C(C)(C)C)O[C@@H]2OC(C)(C)O[C@@H]2[C@@H]1OC. The van der Waals surface area contributed by atoms with E-state index in [-0.39, 0.29) is 164 Å². The Morgan fingerprint density at radius 2 is 0.508 bits per heavy atom. The lowest BCUT2D eigenvalue weighted by atomic mass is 9.70. The van der Waals surface area contributed by atoms with Crippen LogP contribution in [-0.4, -0.2) is 251 Å². The van der Waals surface area contributed by atoms with E-state index in [0.717, 1.165) is 38.5 Å². The Kier molecular flexibility index (Phi) is 40.6. The van der Waals surface area contributed by atoms with Crippen molar-refractivity contribution in [1.29, 1.82) is 0 Å². The number of methoxy groups -OCH3 is 7. The molecule has 8 heterocycles. The molecule has 0 bridgehead atoms. The molecule has 8 fully saturated rings. The molecule has 8 aliphatic heterocycles. The van der Waals surface area contributed by atoms with Crippen molar-refractivity contribution >= 4 is 23.9 Å². The third-order valence-electron chi connectivity index (χ3n) is 27.7. The Morgan fingerprint density at radius 3 is 0.750 bits per heavy atom. The summed E-state index contributed by atoms with van der Waals surface area (Å²) in [6.45, 7) is 80.8. The maximum absolute atomic E-state index is 11.4. The third kappa shape index (κ3) is 23.2. The van der Waals surface area contributed by atoms with Gasteiger partial charge in [0.05, 0.1) is 42.2 Å². The molecular formula is C94H178O26. The van der Waals surface area contributed by atoms with Crippen LogP contribution in [0.4, 0.5) is 0 Å². The zero-order valence-electron chi connectivity index (χ0n) is 84.3. The zero-order chi connectivity index (χ0) is 94.0. The average Bonchev–Trinajstić information content (AvgIpc) is 1.56. The highest BCUT2D eigenvalue weighted by molar-refractivity contribution is 5.68. The summed E-state index contributed by atoms with van der Waals surface area (Å²) in [5.74, 6) is -1.67. The van der Waals surface area contributed by atoms with Crippen LogP contribution in [0.1, 0.15) is 322 Å². The predicted octanol–water partition coefficient (Wildman–Crippen LogP) is 17.0. The molecule has 8 aliphatic rings. The first-order valence-corrected chi connectivity index (χ1v) is 44.4. The molecule has 0 aromatic rings. The van der Waals surface area contributed by atoms with Crippen molar-refractivity contribution in [3.8, 4) is 0 Å². The number of esters is 4. The molecular weight excluding hydrogens is 1550 g/mol. The first kappa shape index (κ1) is 113. The Bertz CT molecular complexity index is 2960. The molecule has 0 amide bonds. The average molecular weight is 1720 g/mol. The van der Waals surface area contributed by atoms with Crippen LogP contribution in [0.25, 0.3) is 0 Å². The van der Waals surface area contributed by atoms with Gasteiger partial charge in [-0.25, -0.2) is 0 Å². The van der Waals surface area contributed by atoms with Crippen molar-refractivity contribution in [2.75, 3.05) is 49.8 Å². The highest BCUT2D eigenvalue weighted by Crippen LogP contribution is 2.56. The van der Waals surface area contributed by atoms with Crippen molar-refractivity contribution < 1.29 is 124 Å². The van der Waals surface area contributed by atoms with Crippen LogP contribution in [0.3, 0.4) is 0 Å². The number of fused-ring (bicyclic) bond motifs is 1. The van der Waals surface area contributed by atoms with Gasteiger partial charge in [-0.05, 0) is 131 Å². The van der Waals surface area contributed by atoms with Crippen LogP contribution in [-0.2, 0) is 114 Å². The largest absolute Gasteiger partial charge is 0.457 e. The van der Waals surface area contributed by atoms with Gasteiger partial charge in [-0.2, -0.15) is 0 Å². The summed E-state index contributed by atoms with van der Waals surface area (Å²) in [6.07, 6.45) is 0.152. The van der Waals surface area contributed by atoms with Crippen molar-refractivity contribution in [3.05, 3.63) is 0 Å². The fraction of sp³-hybridized carbons (Fsp3) is 0.957. The topological polar surface area (TPSA) is 293 Å². The van der Waals surface area contributed by atoms with Crippen molar-refractivity contribution in [2.24, 2.45) is 43.8 Å². The summed E-state index contributed by atoms with van der Waals surface area (Å²) in [6, 6.07) is 0. The Balaban J connectivity index is 0.000000476. The van der Waals surface area contributed by atoms with Gasteiger partial charge in [0.1, 0.15) is 88.5 Å². The molecule has 8 saturated heterocycles. The van der Waals surface area contributed by atoms with Crippen LogP contribution in [0.2, 0.25) is 0 Å². The van der Waals surface area contributed by atoms with E-state index < -0.39 is 65.2 Å². The summed E-state index contributed by atoms with van der Waals surface area (Å²) in [4.78, 5) is 45.1. The van der Waals surface area contributed by atoms with Gasteiger partial charge in [-0.3, -0.25) is 19.2 Å². The Labute approximate surface area is 727 Å². The molecule has 28 atom stereocenters. The van der Waals surface area contributed by atoms with E-state index in [1.807, 2.05) is 69.2 Å². The smallest absolute Gasteiger partial charge is 0.305 e. The third-order valence-corrected chi connectivity index (χ3v) is 27.7. The van der Waals surface area contributed by atoms with Crippen molar-refractivity contribution in [1.82, 2.24) is 0 Å². The van der Waals surface area contributed by atoms with Crippen LogP contribution < -0.4 is 0 Å². The second-order valence-electron chi connectivity index (χ2n) is 41.9. The van der Waals surface area contributed by atoms with Gasteiger partial charge in [0, 0.05) is 83.4 Å². The summed E-state index contributed by atoms with van der Waals surface area (Å²) in [7, 11) is 11.7. The van der Waals surface area contributed by atoms with Gasteiger partial charge < -0.3 is 105 Å². The molecule has 0 aromatic carbocycles. The lowest BCUT2D eigenvalue weighted by Gasteiger charge is -2.45. The van der Waals surface area contributed by atoms with Gasteiger partial charge in [0.25, 0.3) is 0 Å². The van der Waals surface area contributed by atoms with Crippen LogP contribution in [0.15, 0.2) is 0 Å². The highest BCUT2D eigenvalue weighted by atomic mass is 16.8. The van der Waals surface area contributed by atoms with E-state index >= 15 is 0 Å². The molecule has 120 heavy (non-hydrogen) atoms. The lowest BCUT2D eigenvalue weighted by Crippen LogP contribution is -2.54. The first-order valence-electron chi connectivity index (χ1n) is 44.4. The van der Waals surface area contributed by atoms with Gasteiger partial charge in [0.15, 0.2) is 30.4 Å². The summed E-state index contributed by atoms with van der Waals surface area (Å²) < 4.78 is 115. The monoisotopic (exact) mass is 1720 g/mol. The van der Waals surface area contributed by atoms with Gasteiger partial charge in [0.2, 0.25) is 6.29 Å². The molecule has 8 rings (SSSR count). The Hall–Kier alpha value is -2.84. The van der Waals surface area contributed by atoms with Crippen molar-refractivity contribution in [2.45, 2.75) is 489 Å². The molecule has 0 saturated carbocycles. The molecule has 710 valence electrons. The minimum Gasteiger partial charge on any atom is -0.457 e. The minimum atomic E-state index is -0.962. The minimum absolute atomic E-state index is 0.0381. The number of carbonyl (C=O) groups is 4. The van der Waals surface area contributed by atoms with E-state index in [0.29, 0.717) is 12.3 Å². The normalized spacial score (nSPS) is 39.1. The van der Waals surface area contributed by atoms with E-state index in [1.54, 1.807) is 42.7 Å². The summed E-state index contributed by atoms with van der Waals surface area (Å²) >= 11 is 0. The number of aliphatic hydroxyl groups is 2. The number of aliphatic hydroxyl groups excluding tert-OH is 2. The van der Waals surface area contributed by atoms with Crippen molar-refractivity contribution in [3.63, 3.8) is 0 Å². The molecule has 26 heteroatoms. The number of ether oxygens (including phenoxy) is 20. The van der Waals surface area contributed by atoms with E-state index in [2.05, 4.69) is 180 Å². The van der Waals surface area contributed by atoms with Gasteiger partial charge >= 0.3 is 23.9 Å². The highest BCUT2D eigenvalue weighted by Gasteiger charge is 2.68. The predicted molar refractivity (Wildman–Crippen MR) is 465 cm³/mol. The fourth-order valence-electron chi connectivity index (χ4n) is 21.0. The van der Waals surface area contributed by atoms with E-state index in [4.69, 9.17) is 94.7 Å². The summed E-state index contributed by atoms with van der Waals surface area (Å²) in [5.41, 5.74) is -3.36. The van der Waals surface area contributed by atoms with Gasteiger partial charge in [-0.1, -0.05) is 201 Å². The fourth-order valence-corrected chi connectivity index (χ4v) is 21.0. The number of hydrogen-bond acceptors (Lipinski definition) is 26. The van der Waals surface area contributed by atoms with Gasteiger partial charge in [-0.15, -0.1) is 0 Å². The molecule has 2 N–H and O–H groups in total. The molecule has 26 nitrogen and oxygen atoms in total. The standard InChI is InChI=1S/C15H26O6.3C14H26O4.C13H26O2.2C12H24O3/c1-8-15(14(4,5)6)12(18-7)11(19-9(2)16)13(21-15)20-10(3)17;1-8-14(12(2,3)4)10(15-7)9-11(18-14)17-13(5,6)16-9;2*1-8-14(13(4,5)6)12(16-7)11(9(2)18-14)17-10(3)15;1-8-13(12(4,5)6)11(14-7)9(2)10(3)15-13;2*1-7-12(11(3,4)5)10(14-6)9(13)8(2)15-12/h11-13H,8H2,1-7H3;9-11H,8H2,1-7H3;2*9,11-12H,8H2,1-7H3;9-11H,8H2,1-7H3;2*8-10,13H,7H2,1-6H3/t11-,12+,13?,15-;9-,10+,11+,14-;9-,11+,12-,14+;9-,11-,12-,14+;9-,10+,11+,13-;8-,9+,10-,12+;8-,9-,10-,12+/m1100100/s1. The van der Waals surface area contributed by atoms with Crippen LogP contribution in [0, 0.1) is 43.8 Å². The summed E-state index contributed by atoms with van der Waals surface area (Å²) in [5, 5.41) is 20.1. The molecule has 0 radical (unpaired) electrons. The second-order valence-corrected chi connectivity index (χ2v) is 41.9. The number of hydrogen-bond donors (Lipinski definition) is 2. The molecule has 0 spiro atoms. The number of rotatable bonds is 18. The molecule has 0 aromatic heterocycles. The van der Waals surface area contributed by atoms with E-state index in [9.17, 15) is 29.4 Å². The first-order chi connectivity index (χ1) is 54.5. The second kappa shape index (κ2) is 43.1. The quantitative estimate of drug-likeness (QED) is 0.0952. The van der Waals surface area contributed by atoms with E-state index in [1.165, 1.54) is 34.8 Å². The maximum atomic E-state index is 11.4. The lowest BCUT2D eigenvalue weighted by molar-refractivity contribution is -0.263. The molecule has 0 aliphatic carbocycles. The van der Waals surface area contributed by atoms with Crippen LogP contribution in [0.5, 0.6) is 0 Å². The van der Waals surface area contributed by atoms with Crippen LogP contribution >= 0.6 is 0 Å². The Morgan fingerprint density at radius 1 is 0.283 bits per heavy atom. The molecule has 1 unspecified atom stereocenters. The maximum Gasteiger partial charge on any atom is 0.305 e. The number of carbonyl (C=O) groups excluding carboxylic acids is 4. The zero-order valence-corrected chi connectivity index (χ0v) is 84.3.